The van der Waals surface area contributed by atoms with Crippen LogP contribution in [-0.2, 0) is 11.2 Å². The Morgan fingerprint density at radius 2 is 2.19 bits per heavy atom. The van der Waals surface area contributed by atoms with Crippen LogP contribution in [0.1, 0.15) is 36.5 Å². The van der Waals surface area contributed by atoms with Crippen molar-refractivity contribution in [2.24, 2.45) is 5.92 Å². The summed E-state index contributed by atoms with van der Waals surface area (Å²) in [5.74, 6) is 8.06. The molecule has 0 unspecified atom stereocenters. The molecule has 0 spiro atoms. The van der Waals surface area contributed by atoms with E-state index in [9.17, 15) is 0 Å². The number of benzene rings is 1. The van der Waals surface area contributed by atoms with Gasteiger partial charge in [0.2, 0.25) is 0 Å². The van der Waals surface area contributed by atoms with Crippen molar-refractivity contribution in [1.29, 1.82) is 0 Å². The summed E-state index contributed by atoms with van der Waals surface area (Å²) < 4.78 is 5.29. The van der Waals surface area contributed by atoms with Crippen LogP contribution in [0.15, 0.2) is 42.7 Å². The largest absolute Gasteiger partial charge is 0.497 e. The normalized spacial score (nSPS) is 16.7. The fraction of sp³-hybridized carbons (Fsp3) is 0.300. The van der Waals surface area contributed by atoms with Gasteiger partial charge in [-0.15, -0.1) is 0 Å². The number of fused-ring (bicyclic) bond motifs is 1. The molecule has 106 valence electrons. The van der Waals surface area contributed by atoms with Gasteiger partial charge in [0.15, 0.2) is 0 Å². The molecule has 0 atom stereocenters. The molecule has 1 nitrogen and oxygen atoms in total. The Bertz CT molecular complexity index is 703. The predicted octanol–water partition coefficient (Wildman–Crippen LogP) is 4.60. The fourth-order valence-corrected chi connectivity index (χ4v) is 2.62. The van der Waals surface area contributed by atoms with E-state index in [-0.39, 0.29) is 0 Å². The van der Waals surface area contributed by atoms with Gasteiger partial charge in [-0.25, -0.2) is 0 Å². The molecule has 0 aromatic heterocycles. The lowest BCUT2D eigenvalue weighted by atomic mass is 9.97. The molecule has 0 heterocycles. The van der Waals surface area contributed by atoms with Gasteiger partial charge in [-0.3, -0.25) is 0 Å². The highest BCUT2D eigenvalue weighted by molar-refractivity contribution is 5.87. The summed E-state index contributed by atoms with van der Waals surface area (Å²) in [5.41, 5.74) is 5.99. The Morgan fingerprint density at radius 1 is 1.38 bits per heavy atom. The Labute approximate surface area is 127 Å². The van der Waals surface area contributed by atoms with E-state index >= 15 is 0 Å². The summed E-state index contributed by atoms with van der Waals surface area (Å²) in [6.07, 6.45) is 7.81. The summed E-state index contributed by atoms with van der Waals surface area (Å²) in [7, 11) is 1.66. The van der Waals surface area contributed by atoms with E-state index in [1.165, 1.54) is 29.5 Å². The molecule has 0 N–H and O–H groups in total. The Morgan fingerprint density at radius 3 is 2.86 bits per heavy atom. The first-order valence-electron chi connectivity index (χ1n) is 7.48. The van der Waals surface area contributed by atoms with E-state index in [1.54, 1.807) is 7.11 Å². The van der Waals surface area contributed by atoms with E-state index in [2.05, 4.69) is 42.7 Å². The summed E-state index contributed by atoms with van der Waals surface area (Å²) in [6, 6.07) is 6.55. The predicted molar refractivity (Wildman–Crippen MR) is 88.4 cm³/mol. The van der Waals surface area contributed by atoms with Gasteiger partial charge in [-0.1, -0.05) is 42.7 Å². The molecule has 1 aromatic carbocycles. The van der Waals surface area contributed by atoms with Crippen molar-refractivity contribution in [2.75, 3.05) is 7.11 Å². The van der Waals surface area contributed by atoms with E-state index < -0.39 is 0 Å². The van der Waals surface area contributed by atoms with Crippen molar-refractivity contribution in [1.82, 2.24) is 0 Å². The van der Waals surface area contributed by atoms with Gasteiger partial charge in [0.05, 0.1) is 7.11 Å². The molecule has 0 aliphatic heterocycles. The molecule has 2 aliphatic carbocycles. The number of hydrogen-bond acceptors (Lipinski definition) is 1. The summed E-state index contributed by atoms with van der Waals surface area (Å²) in [6.45, 7) is 5.98. The second-order valence-corrected chi connectivity index (χ2v) is 5.57. The zero-order chi connectivity index (χ0) is 14.8. The first kappa shape index (κ1) is 13.8. The quantitative estimate of drug-likeness (QED) is 0.445. The minimum absolute atomic E-state index is 0.637. The number of hydrogen-bond donors (Lipinski definition) is 0. The van der Waals surface area contributed by atoms with Crippen LogP contribution in [0, 0.1) is 17.8 Å². The summed E-state index contributed by atoms with van der Waals surface area (Å²) in [4.78, 5) is 0. The van der Waals surface area contributed by atoms with Gasteiger partial charge >= 0.3 is 0 Å². The third kappa shape index (κ3) is 2.81. The van der Waals surface area contributed by atoms with Crippen LogP contribution in [0.4, 0.5) is 0 Å². The Balaban J connectivity index is 1.94. The van der Waals surface area contributed by atoms with Crippen LogP contribution in [0.5, 0.6) is 0 Å². The molecule has 0 amide bonds. The van der Waals surface area contributed by atoms with Gasteiger partial charge in [-0.05, 0) is 48.9 Å². The number of methoxy groups -OCH3 is 1. The molecule has 2 aliphatic rings. The van der Waals surface area contributed by atoms with Gasteiger partial charge in [0.25, 0.3) is 0 Å². The zero-order valence-corrected chi connectivity index (χ0v) is 12.7. The first-order valence-corrected chi connectivity index (χ1v) is 7.48. The summed E-state index contributed by atoms with van der Waals surface area (Å²) >= 11 is 0. The summed E-state index contributed by atoms with van der Waals surface area (Å²) in [5, 5.41) is 0. The standard InChI is InChI=1S/C20H20O/c1-4-19(14(2)21-3)18-12-11-17-10-9-16(20(17)13-18)8-7-15-5-6-15/h4,9,11-13,15H,2,5-6,10H2,1,3H3/b19-4-. The van der Waals surface area contributed by atoms with Gasteiger partial charge in [0, 0.05) is 17.1 Å². The molecular weight excluding hydrogens is 256 g/mol. The van der Waals surface area contributed by atoms with Gasteiger partial charge in [0.1, 0.15) is 5.76 Å². The van der Waals surface area contributed by atoms with Crippen molar-refractivity contribution in [3.63, 3.8) is 0 Å². The Hall–Kier alpha value is -2.20. The molecule has 21 heavy (non-hydrogen) atoms. The number of allylic oxidation sites excluding steroid dienone is 4. The fourth-order valence-electron chi connectivity index (χ4n) is 2.62. The van der Waals surface area contributed by atoms with Crippen LogP contribution in [-0.4, -0.2) is 7.11 Å². The molecule has 1 aromatic rings. The Kier molecular flexibility index (Phi) is 3.71. The number of ether oxygens (including phenoxy) is 1. The molecule has 3 rings (SSSR count). The average Bonchev–Trinajstić information content (AvgIpc) is 3.25. The highest BCUT2D eigenvalue weighted by Crippen LogP contribution is 2.33. The van der Waals surface area contributed by atoms with E-state index in [0.717, 1.165) is 17.6 Å². The van der Waals surface area contributed by atoms with E-state index in [4.69, 9.17) is 4.74 Å². The molecule has 1 saturated carbocycles. The monoisotopic (exact) mass is 276 g/mol. The smallest absolute Gasteiger partial charge is 0.119 e. The molecule has 1 fully saturated rings. The van der Waals surface area contributed by atoms with Crippen molar-refractivity contribution >= 4 is 11.1 Å². The maximum atomic E-state index is 5.29. The molecule has 0 saturated heterocycles. The van der Waals surface area contributed by atoms with Crippen LogP contribution in [0.2, 0.25) is 0 Å². The number of rotatable bonds is 3. The average molecular weight is 276 g/mol. The minimum atomic E-state index is 0.637. The van der Waals surface area contributed by atoms with Crippen molar-refractivity contribution < 1.29 is 4.74 Å². The molecule has 0 bridgehead atoms. The highest BCUT2D eigenvalue weighted by atomic mass is 16.5. The lowest BCUT2D eigenvalue weighted by Gasteiger charge is -2.11. The SMILES string of the molecule is C=C(OC)/C(=C/C)c1ccc2c(c1)C(C#CC1CC1)=CC2. The van der Waals surface area contributed by atoms with Gasteiger partial charge in [-0.2, -0.15) is 0 Å². The van der Waals surface area contributed by atoms with Crippen LogP contribution in [0.25, 0.3) is 11.1 Å². The molecular formula is C20H20O. The third-order valence-corrected chi connectivity index (χ3v) is 4.06. The van der Waals surface area contributed by atoms with Crippen LogP contribution in [0.3, 0.4) is 0 Å². The molecule has 1 heteroatoms. The van der Waals surface area contributed by atoms with Crippen molar-refractivity contribution in [2.45, 2.75) is 26.2 Å². The van der Waals surface area contributed by atoms with Gasteiger partial charge < -0.3 is 4.74 Å². The van der Waals surface area contributed by atoms with E-state index in [1.807, 2.05) is 13.0 Å². The highest BCUT2D eigenvalue weighted by Gasteiger charge is 2.19. The van der Waals surface area contributed by atoms with Crippen molar-refractivity contribution in [3.05, 3.63) is 59.4 Å². The maximum absolute atomic E-state index is 5.29. The third-order valence-electron chi connectivity index (χ3n) is 4.06. The topological polar surface area (TPSA) is 9.23 Å². The minimum Gasteiger partial charge on any atom is -0.497 e. The second kappa shape index (κ2) is 5.66. The maximum Gasteiger partial charge on any atom is 0.119 e. The lowest BCUT2D eigenvalue weighted by Crippen LogP contribution is -1.93. The molecule has 0 radical (unpaired) electrons. The van der Waals surface area contributed by atoms with Crippen molar-refractivity contribution in [3.8, 4) is 11.8 Å². The van der Waals surface area contributed by atoms with Crippen LogP contribution >= 0.6 is 0 Å². The van der Waals surface area contributed by atoms with Crippen LogP contribution < -0.4 is 0 Å². The first-order chi connectivity index (χ1) is 10.2. The second-order valence-electron chi connectivity index (χ2n) is 5.57. The van der Waals surface area contributed by atoms with E-state index in [0.29, 0.717) is 11.7 Å². The zero-order valence-electron chi connectivity index (χ0n) is 12.7. The lowest BCUT2D eigenvalue weighted by molar-refractivity contribution is 0.313.